The zero-order valence-electron chi connectivity index (χ0n) is 13.4. The number of carbonyl (C=O) groups is 1. The lowest BCUT2D eigenvalue weighted by molar-refractivity contribution is -0.385. The summed E-state index contributed by atoms with van der Waals surface area (Å²) in [6.45, 7) is 1.85. The van der Waals surface area contributed by atoms with Crippen LogP contribution in [0, 0.1) is 10.1 Å². The molecular weight excluding hydrogens is 310 g/mol. The number of phenols is 1. The number of ketones is 1. The first-order valence-electron chi connectivity index (χ1n) is 7.33. The molecule has 0 amide bonds. The van der Waals surface area contributed by atoms with Crippen LogP contribution < -0.4 is 4.74 Å². The molecule has 124 valence electrons. The van der Waals surface area contributed by atoms with Gasteiger partial charge < -0.3 is 9.84 Å². The molecule has 0 unspecified atom stereocenters. The van der Waals surface area contributed by atoms with Crippen molar-refractivity contribution in [3.63, 3.8) is 0 Å². The lowest BCUT2D eigenvalue weighted by Gasteiger charge is -2.04. The van der Waals surface area contributed by atoms with Crippen LogP contribution in [-0.4, -0.2) is 22.9 Å². The molecule has 24 heavy (non-hydrogen) atoms. The van der Waals surface area contributed by atoms with Gasteiger partial charge in [0.25, 0.3) is 5.69 Å². The molecule has 6 heteroatoms. The molecular formula is C18H17NO5. The van der Waals surface area contributed by atoms with E-state index in [1.54, 1.807) is 12.1 Å². The molecule has 0 bridgehead atoms. The van der Waals surface area contributed by atoms with Crippen molar-refractivity contribution in [3.05, 3.63) is 69.3 Å². The molecule has 2 rings (SSSR count). The smallest absolute Gasteiger partial charge is 0.273 e. The van der Waals surface area contributed by atoms with Crippen LogP contribution in [0.1, 0.15) is 28.4 Å². The Hall–Kier alpha value is -3.15. The number of rotatable bonds is 6. The van der Waals surface area contributed by atoms with Crippen LogP contribution in [0.15, 0.2) is 42.5 Å². The van der Waals surface area contributed by atoms with E-state index >= 15 is 0 Å². The molecule has 0 spiro atoms. The quantitative estimate of drug-likeness (QED) is 0.377. The number of ether oxygens (including phenoxy) is 1. The number of phenolic OH excluding ortho intramolecular Hbond substituents is 1. The summed E-state index contributed by atoms with van der Waals surface area (Å²) in [5.41, 5.74) is 1.60. The van der Waals surface area contributed by atoms with Crippen molar-refractivity contribution in [3.8, 4) is 11.5 Å². The fourth-order valence-corrected chi connectivity index (χ4v) is 2.25. The van der Waals surface area contributed by atoms with Crippen molar-refractivity contribution in [2.24, 2.45) is 0 Å². The Morgan fingerprint density at radius 3 is 2.67 bits per heavy atom. The lowest BCUT2D eigenvalue weighted by Crippen LogP contribution is -1.96. The second kappa shape index (κ2) is 7.41. The van der Waals surface area contributed by atoms with Gasteiger partial charge in [0.15, 0.2) is 17.3 Å². The molecule has 1 N–H and O–H groups in total. The van der Waals surface area contributed by atoms with Crippen LogP contribution in [0.2, 0.25) is 0 Å². The number of aromatic hydroxyl groups is 1. The van der Waals surface area contributed by atoms with E-state index in [-0.39, 0.29) is 23.0 Å². The summed E-state index contributed by atoms with van der Waals surface area (Å²) >= 11 is 0. The first-order chi connectivity index (χ1) is 11.5. The number of nitrogens with zero attached hydrogens (tertiary/aromatic N) is 1. The molecule has 2 aromatic rings. The second-order valence-electron chi connectivity index (χ2n) is 5.08. The SMILES string of the molecule is CCc1ccc(/C=C/C(=O)c2ccc(O)c(OC)c2)cc1[N+](=O)[O-]. The standard InChI is InChI=1S/C18H17NO5/c1-3-13-6-4-12(10-15(13)19(22)23)5-8-16(20)14-7-9-17(21)18(11-14)24-2/h4-11,21H,3H2,1-2H3/b8-5+. The summed E-state index contributed by atoms with van der Waals surface area (Å²) < 4.78 is 4.96. The van der Waals surface area contributed by atoms with Crippen LogP contribution in [0.25, 0.3) is 6.08 Å². The monoisotopic (exact) mass is 327 g/mol. The van der Waals surface area contributed by atoms with Gasteiger partial charge in [-0.15, -0.1) is 0 Å². The van der Waals surface area contributed by atoms with Gasteiger partial charge in [0.05, 0.1) is 12.0 Å². The molecule has 0 heterocycles. The Bertz CT molecular complexity index is 811. The summed E-state index contributed by atoms with van der Waals surface area (Å²) in [5.74, 6) is -0.142. The minimum Gasteiger partial charge on any atom is -0.504 e. The van der Waals surface area contributed by atoms with Crippen molar-refractivity contribution in [1.29, 1.82) is 0 Å². The molecule has 2 aromatic carbocycles. The molecule has 0 aliphatic carbocycles. The Morgan fingerprint density at radius 1 is 1.29 bits per heavy atom. The van der Waals surface area contributed by atoms with Crippen LogP contribution >= 0.6 is 0 Å². The fourth-order valence-electron chi connectivity index (χ4n) is 2.25. The number of methoxy groups -OCH3 is 1. The second-order valence-corrected chi connectivity index (χ2v) is 5.08. The zero-order chi connectivity index (χ0) is 17.7. The third kappa shape index (κ3) is 3.78. The van der Waals surface area contributed by atoms with Crippen LogP contribution in [0.5, 0.6) is 11.5 Å². The van der Waals surface area contributed by atoms with Crippen molar-refractivity contribution < 1.29 is 19.6 Å². The number of nitro benzene ring substituents is 1. The molecule has 0 atom stereocenters. The van der Waals surface area contributed by atoms with Gasteiger partial charge in [-0.3, -0.25) is 14.9 Å². The van der Waals surface area contributed by atoms with Gasteiger partial charge in [-0.1, -0.05) is 25.1 Å². The van der Waals surface area contributed by atoms with E-state index in [4.69, 9.17) is 4.74 Å². The minimum absolute atomic E-state index is 0.0402. The normalized spacial score (nSPS) is 10.8. The lowest BCUT2D eigenvalue weighted by atomic mass is 10.0. The molecule has 0 aliphatic heterocycles. The van der Waals surface area contributed by atoms with E-state index in [1.807, 2.05) is 6.92 Å². The summed E-state index contributed by atoms with van der Waals surface area (Å²) in [7, 11) is 1.40. The van der Waals surface area contributed by atoms with Crippen molar-refractivity contribution in [2.75, 3.05) is 7.11 Å². The number of nitro groups is 1. The van der Waals surface area contributed by atoms with Gasteiger partial charge >= 0.3 is 0 Å². The van der Waals surface area contributed by atoms with Crippen molar-refractivity contribution in [2.45, 2.75) is 13.3 Å². The number of carbonyl (C=O) groups excluding carboxylic acids is 1. The highest BCUT2D eigenvalue weighted by Gasteiger charge is 2.12. The Morgan fingerprint density at radius 2 is 2.04 bits per heavy atom. The first kappa shape index (κ1) is 17.2. The van der Waals surface area contributed by atoms with Gasteiger partial charge in [0, 0.05) is 17.2 Å². The highest BCUT2D eigenvalue weighted by atomic mass is 16.6. The maximum Gasteiger partial charge on any atom is 0.273 e. The molecule has 0 aliphatic rings. The van der Waals surface area contributed by atoms with E-state index in [0.717, 1.165) is 0 Å². The van der Waals surface area contributed by atoms with E-state index in [9.17, 15) is 20.0 Å². The topological polar surface area (TPSA) is 89.7 Å². The van der Waals surface area contributed by atoms with E-state index in [2.05, 4.69) is 0 Å². The number of aryl methyl sites for hydroxylation is 1. The van der Waals surface area contributed by atoms with Crippen molar-refractivity contribution in [1.82, 2.24) is 0 Å². The predicted molar refractivity (Wildman–Crippen MR) is 90.5 cm³/mol. The van der Waals surface area contributed by atoms with Gasteiger partial charge in [0.1, 0.15) is 0 Å². The zero-order valence-corrected chi connectivity index (χ0v) is 13.4. The summed E-state index contributed by atoms with van der Waals surface area (Å²) in [6.07, 6.45) is 3.41. The fraction of sp³-hybridized carbons (Fsp3) is 0.167. The van der Waals surface area contributed by atoms with E-state index in [1.165, 1.54) is 43.5 Å². The maximum absolute atomic E-state index is 12.2. The van der Waals surface area contributed by atoms with Gasteiger partial charge in [-0.05, 0) is 36.3 Å². The van der Waals surface area contributed by atoms with E-state index < -0.39 is 4.92 Å². The number of hydrogen-bond acceptors (Lipinski definition) is 5. The average molecular weight is 327 g/mol. The summed E-state index contributed by atoms with van der Waals surface area (Å²) in [6, 6.07) is 9.15. The molecule has 0 radical (unpaired) electrons. The van der Waals surface area contributed by atoms with Gasteiger partial charge in [-0.2, -0.15) is 0 Å². The predicted octanol–water partition coefficient (Wildman–Crippen LogP) is 3.77. The number of hydrogen-bond donors (Lipinski definition) is 1. The number of benzene rings is 2. The molecule has 0 aromatic heterocycles. The van der Waals surface area contributed by atoms with Crippen LogP contribution in [-0.2, 0) is 6.42 Å². The molecule has 0 saturated heterocycles. The first-order valence-corrected chi connectivity index (χ1v) is 7.33. The Kier molecular flexibility index (Phi) is 5.31. The van der Waals surface area contributed by atoms with Gasteiger partial charge in [-0.25, -0.2) is 0 Å². The molecule has 0 saturated carbocycles. The largest absolute Gasteiger partial charge is 0.504 e. The molecule has 6 nitrogen and oxygen atoms in total. The van der Waals surface area contributed by atoms with Gasteiger partial charge in [0.2, 0.25) is 0 Å². The average Bonchev–Trinajstić information content (AvgIpc) is 2.59. The third-order valence-electron chi connectivity index (χ3n) is 3.58. The highest BCUT2D eigenvalue weighted by Crippen LogP contribution is 2.27. The third-order valence-corrected chi connectivity index (χ3v) is 3.58. The van der Waals surface area contributed by atoms with Crippen LogP contribution in [0.3, 0.4) is 0 Å². The van der Waals surface area contributed by atoms with E-state index in [0.29, 0.717) is 23.1 Å². The molecule has 0 fully saturated rings. The van der Waals surface area contributed by atoms with Crippen LogP contribution in [0.4, 0.5) is 5.69 Å². The number of allylic oxidation sites excluding steroid dienone is 1. The highest BCUT2D eigenvalue weighted by molar-refractivity contribution is 6.07. The Balaban J connectivity index is 2.26. The minimum atomic E-state index is -0.428. The Labute approximate surface area is 139 Å². The summed E-state index contributed by atoms with van der Waals surface area (Å²) in [5, 5.41) is 20.6. The maximum atomic E-state index is 12.2. The van der Waals surface area contributed by atoms with Crippen molar-refractivity contribution >= 4 is 17.5 Å². The summed E-state index contributed by atoms with van der Waals surface area (Å²) in [4.78, 5) is 22.8.